The second-order valence-corrected chi connectivity index (χ2v) is 6.33. The Balaban J connectivity index is 0.00000208. The van der Waals surface area contributed by atoms with Gasteiger partial charge in [0, 0.05) is 16.6 Å². The van der Waals surface area contributed by atoms with Gasteiger partial charge in [-0.1, -0.05) is 23.2 Å². The van der Waals surface area contributed by atoms with Crippen LogP contribution in [0.2, 0.25) is 5.02 Å². The summed E-state index contributed by atoms with van der Waals surface area (Å²) >= 11 is 5.86. The quantitative estimate of drug-likeness (QED) is 0.861. The first kappa shape index (κ1) is 18.7. The first-order valence-corrected chi connectivity index (χ1v) is 8.08. The van der Waals surface area contributed by atoms with Crippen LogP contribution in [0.1, 0.15) is 38.1 Å². The molecule has 0 bridgehead atoms. The van der Waals surface area contributed by atoms with Gasteiger partial charge in [0.05, 0.1) is 12.0 Å². The third kappa shape index (κ3) is 4.06. The zero-order chi connectivity index (χ0) is 16.4. The van der Waals surface area contributed by atoms with Crippen LogP contribution < -0.4 is 11.1 Å². The number of hydrogen-bond donors (Lipinski definition) is 2. The molecule has 8 heteroatoms. The van der Waals surface area contributed by atoms with Gasteiger partial charge in [0.15, 0.2) is 5.82 Å². The summed E-state index contributed by atoms with van der Waals surface area (Å²) in [6.07, 6.45) is 2.73. The molecule has 1 fully saturated rings. The van der Waals surface area contributed by atoms with Crippen LogP contribution in [0.3, 0.4) is 0 Å². The fraction of sp³-hybridized carbons (Fsp3) is 0.438. The van der Waals surface area contributed by atoms with Gasteiger partial charge in [0.25, 0.3) is 5.89 Å². The lowest BCUT2D eigenvalue weighted by atomic mass is 10.0. The number of carbonyl (C=O) groups excluding carboxylic acids is 1. The van der Waals surface area contributed by atoms with Crippen molar-refractivity contribution in [2.45, 2.75) is 38.3 Å². The SMILES string of the molecule is CC(NC(=O)C1CCCC1N)c1noc(-c2ccc(Cl)cc2)n1.Cl. The van der Waals surface area contributed by atoms with Crippen LogP contribution in [0.4, 0.5) is 0 Å². The summed E-state index contributed by atoms with van der Waals surface area (Å²) in [5.74, 6) is 0.672. The molecule has 130 valence electrons. The predicted octanol–water partition coefficient (Wildman–Crippen LogP) is 3.12. The molecule has 1 amide bonds. The summed E-state index contributed by atoms with van der Waals surface area (Å²) < 4.78 is 5.26. The summed E-state index contributed by atoms with van der Waals surface area (Å²) in [7, 11) is 0. The summed E-state index contributed by atoms with van der Waals surface area (Å²) in [6, 6.07) is 6.74. The molecular weight excluding hydrogens is 351 g/mol. The van der Waals surface area contributed by atoms with Crippen LogP contribution in [-0.2, 0) is 4.79 Å². The number of aromatic nitrogens is 2. The maximum atomic E-state index is 12.3. The average molecular weight is 371 g/mol. The van der Waals surface area contributed by atoms with Gasteiger partial charge in [-0.15, -0.1) is 12.4 Å². The molecular formula is C16H20Cl2N4O2. The minimum atomic E-state index is -0.333. The first-order chi connectivity index (χ1) is 11.0. The Bertz CT molecular complexity index is 690. The van der Waals surface area contributed by atoms with Crippen LogP contribution in [0.5, 0.6) is 0 Å². The number of hydrogen-bond acceptors (Lipinski definition) is 5. The molecule has 3 N–H and O–H groups in total. The molecule has 0 spiro atoms. The van der Waals surface area contributed by atoms with E-state index >= 15 is 0 Å². The molecule has 1 aliphatic rings. The summed E-state index contributed by atoms with van der Waals surface area (Å²) in [4.78, 5) is 16.6. The lowest BCUT2D eigenvalue weighted by Gasteiger charge is -2.17. The minimum Gasteiger partial charge on any atom is -0.346 e. The normalized spacial score (nSPS) is 21.1. The van der Waals surface area contributed by atoms with Gasteiger partial charge in [-0.25, -0.2) is 0 Å². The van der Waals surface area contributed by atoms with Gasteiger partial charge < -0.3 is 15.6 Å². The Kier molecular flexibility index (Phi) is 6.21. The molecule has 0 saturated heterocycles. The third-order valence-corrected chi connectivity index (χ3v) is 4.44. The van der Waals surface area contributed by atoms with Crippen LogP contribution in [-0.4, -0.2) is 22.1 Å². The Morgan fingerprint density at radius 3 is 2.71 bits per heavy atom. The van der Waals surface area contributed by atoms with E-state index in [1.165, 1.54) is 0 Å². The fourth-order valence-electron chi connectivity index (χ4n) is 2.82. The number of rotatable bonds is 4. The molecule has 1 saturated carbocycles. The largest absolute Gasteiger partial charge is 0.346 e. The Morgan fingerprint density at radius 2 is 2.08 bits per heavy atom. The van der Waals surface area contributed by atoms with E-state index in [9.17, 15) is 4.79 Å². The zero-order valence-corrected chi connectivity index (χ0v) is 14.8. The molecule has 6 nitrogen and oxygen atoms in total. The molecule has 0 aliphatic heterocycles. The molecule has 3 atom stereocenters. The zero-order valence-electron chi connectivity index (χ0n) is 13.2. The van der Waals surface area contributed by atoms with E-state index in [4.69, 9.17) is 21.9 Å². The average Bonchev–Trinajstić information content (AvgIpc) is 3.17. The number of nitrogens with one attached hydrogen (secondary N) is 1. The molecule has 2 aromatic rings. The molecule has 3 rings (SSSR count). The highest BCUT2D eigenvalue weighted by atomic mass is 35.5. The maximum Gasteiger partial charge on any atom is 0.257 e. The van der Waals surface area contributed by atoms with E-state index < -0.39 is 0 Å². The highest BCUT2D eigenvalue weighted by molar-refractivity contribution is 6.30. The van der Waals surface area contributed by atoms with Gasteiger partial charge in [-0.3, -0.25) is 4.79 Å². The Labute approximate surface area is 151 Å². The van der Waals surface area contributed by atoms with Crippen molar-refractivity contribution < 1.29 is 9.32 Å². The second-order valence-electron chi connectivity index (χ2n) is 5.90. The van der Waals surface area contributed by atoms with Gasteiger partial charge in [0.1, 0.15) is 0 Å². The van der Waals surface area contributed by atoms with E-state index in [2.05, 4.69) is 15.5 Å². The van der Waals surface area contributed by atoms with E-state index in [0.29, 0.717) is 16.7 Å². The number of amides is 1. The maximum absolute atomic E-state index is 12.3. The summed E-state index contributed by atoms with van der Waals surface area (Å²) in [5, 5.41) is 7.51. The molecule has 1 aliphatic carbocycles. The molecule has 0 radical (unpaired) electrons. The monoisotopic (exact) mass is 370 g/mol. The van der Waals surface area contributed by atoms with Gasteiger partial charge in [0.2, 0.25) is 5.91 Å². The number of nitrogens with zero attached hydrogens (tertiary/aromatic N) is 2. The smallest absolute Gasteiger partial charge is 0.257 e. The molecule has 1 heterocycles. The highest BCUT2D eigenvalue weighted by Gasteiger charge is 2.31. The lowest BCUT2D eigenvalue weighted by molar-refractivity contribution is -0.125. The van der Waals surface area contributed by atoms with E-state index in [-0.39, 0.29) is 36.3 Å². The molecule has 1 aromatic carbocycles. The standard InChI is InChI=1S/C16H19ClN4O2.ClH/c1-9(19-15(22)12-3-2-4-13(12)18)14-20-16(23-21-14)10-5-7-11(17)8-6-10;/h5-9,12-13H,2-4,18H2,1H3,(H,19,22);1H. The van der Waals surface area contributed by atoms with Crippen molar-refractivity contribution in [2.75, 3.05) is 0 Å². The van der Waals surface area contributed by atoms with Crippen LogP contribution in [0, 0.1) is 5.92 Å². The number of nitrogens with two attached hydrogens (primary N) is 1. The van der Waals surface area contributed by atoms with Crippen molar-refractivity contribution >= 4 is 29.9 Å². The van der Waals surface area contributed by atoms with Crippen molar-refractivity contribution in [3.63, 3.8) is 0 Å². The van der Waals surface area contributed by atoms with Gasteiger partial charge >= 0.3 is 0 Å². The second kappa shape index (κ2) is 7.96. The van der Waals surface area contributed by atoms with Crippen LogP contribution >= 0.6 is 24.0 Å². The van der Waals surface area contributed by atoms with E-state index in [1.807, 2.05) is 6.92 Å². The van der Waals surface area contributed by atoms with Crippen molar-refractivity contribution in [3.05, 3.63) is 35.1 Å². The minimum absolute atomic E-state index is 0. The summed E-state index contributed by atoms with van der Waals surface area (Å²) in [5.41, 5.74) is 6.75. The van der Waals surface area contributed by atoms with Crippen molar-refractivity contribution in [2.24, 2.45) is 11.7 Å². The summed E-state index contributed by atoms with van der Waals surface area (Å²) in [6.45, 7) is 1.83. The lowest BCUT2D eigenvalue weighted by Crippen LogP contribution is -2.39. The number of benzene rings is 1. The molecule has 3 unspecified atom stereocenters. The van der Waals surface area contributed by atoms with Crippen molar-refractivity contribution in [3.8, 4) is 11.5 Å². The van der Waals surface area contributed by atoms with Crippen LogP contribution in [0.25, 0.3) is 11.5 Å². The van der Waals surface area contributed by atoms with E-state index in [1.54, 1.807) is 24.3 Å². The topological polar surface area (TPSA) is 94.0 Å². The van der Waals surface area contributed by atoms with Crippen LogP contribution in [0.15, 0.2) is 28.8 Å². The number of carbonyl (C=O) groups is 1. The molecule has 1 aromatic heterocycles. The van der Waals surface area contributed by atoms with Gasteiger partial charge in [-0.2, -0.15) is 4.98 Å². The van der Waals surface area contributed by atoms with Crippen molar-refractivity contribution in [1.29, 1.82) is 0 Å². The first-order valence-electron chi connectivity index (χ1n) is 7.70. The van der Waals surface area contributed by atoms with Crippen molar-refractivity contribution in [1.82, 2.24) is 15.5 Å². The molecule has 24 heavy (non-hydrogen) atoms. The van der Waals surface area contributed by atoms with Gasteiger partial charge in [-0.05, 0) is 44.0 Å². The predicted molar refractivity (Wildman–Crippen MR) is 93.9 cm³/mol. The Morgan fingerprint density at radius 1 is 1.38 bits per heavy atom. The fourth-order valence-corrected chi connectivity index (χ4v) is 2.95. The number of halogens is 2. The Hall–Kier alpha value is -1.63. The highest BCUT2D eigenvalue weighted by Crippen LogP contribution is 2.25. The third-order valence-electron chi connectivity index (χ3n) is 4.19. The van der Waals surface area contributed by atoms with E-state index in [0.717, 1.165) is 24.8 Å².